The molecule has 24 heavy (non-hydrogen) atoms. The second kappa shape index (κ2) is 7.59. The number of nitrogens with zero attached hydrogens (tertiary/aromatic N) is 2. The van der Waals surface area contributed by atoms with Gasteiger partial charge >= 0.3 is 0 Å². The van der Waals surface area contributed by atoms with Crippen molar-refractivity contribution in [3.8, 4) is 0 Å². The fourth-order valence-electron chi connectivity index (χ4n) is 2.95. The van der Waals surface area contributed by atoms with E-state index in [0.29, 0.717) is 25.6 Å². The minimum absolute atomic E-state index is 0.0817. The monoisotopic (exact) mass is 333 g/mol. The fourth-order valence-corrected chi connectivity index (χ4v) is 2.95. The maximum absolute atomic E-state index is 11.8. The molecule has 1 aromatic heterocycles. The van der Waals surface area contributed by atoms with Crippen LogP contribution in [0.15, 0.2) is 18.3 Å². The number of ether oxygens (including phenoxy) is 2. The first kappa shape index (κ1) is 17.3. The van der Waals surface area contributed by atoms with Gasteiger partial charge in [0, 0.05) is 50.3 Å². The fraction of sp³-hybridized carbons (Fsp3) is 0.667. The van der Waals surface area contributed by atoms with Crippen molar-refractivity contribution in [3.63, 3.8) is 0 Å². The van der Waals surface area contributed by atoms with E-state index in [1.54, 1.807) is 0 Å². The zero-order valence-corrected chi connectivity index (χ0v) is 14.6. The van der Waals surface area contributed by atoms with Gasteiger partial charge in [0.15, 0.2) is 0 Å². The third-order valence-electron chi connectivity index (χ3n) is 4.71. The van der Waals surface area contributed by atoms with Crippen molar-refractivity contribution in [3.05, 3.63) is 23.9 Å². The quantitative estimate of drug-likeness (QED) is 0.827. The Morgan fingerprint density at radius 3 is 2.71 bits per heavy atom. The molecule has 2 fully saturated rings. The summed E-state index contributed by atoms with van der Waals surface area (Å²) in [5.41, 5.74) is 0.731. The first-order valence-electron chi connectivity index (χ1n) is 8.73. The van der Waals surface area contributed by atoms with Gasteiger partial charge in [0.25, 0.3) is 0 Å². The average Bonchev–Trinajstić information content (AvgIpc) is 3.41. The van der Waals surface area contributed by atoms with E-state index in [1.807, 2.05) is 32.4 Å². The highest BCUT2D eigenvalue weighted by atomic mass is 16.5. The minimum atomic E-state index is -0.333. The van der Waals surface area contributed by atoms with Crippen molar-refractivity contribution >= 4 is 11.7 Å². The van der Waals surface area contributed by atoms with E-state index in [9.17, 15) is 4.79 Å². The summed E-state index contributed by atoms with van der Waals surface area (Å²) in [5.74, 6) is 0.882. The molecule has 0 bridgehead atoms. The van der Waals surface area contributed by atoms with Crippen molar-refractivity contribution in [1.82, 2.24) is 9.88 Å². The number of anilines is 1. The summed E-state index contributed by atoms with van der Waals surface area (Å²) in [7, 11) is 4.08. The summed E-state index contributed by atoms with van der Waals surface area (Å²) >= 11 is 0. The van der Waals surface area contributed by atoms with Gasteiger partial charge in [0.1, 0.15) is 5.82 Å². The SMILES string of the molecule is CN(C)CCOC1(c2ccc(NC(=O)C3CC3)nc2)CCOCC1. The van der Waals surface area contributed by atoms with E-state index in [0.717, 1.165) is 37.8 Å². The molecular formula is C18H27N3O3. The molecule has 1 aliphatic carbocycles. The third-order valence-corrected chi connectivity index (χ3v) is 4.71. The summed E-state index contributed by atoms with van der Waals surface area (Å²) < 4.78 is 11.8. The predicted octanol–water partition coefficient (Wildman–Crippen LogP) is 2.01. The average molecular weight is 333 g/mol. The van der Waals surface area contributed by atoms with Crippen LogP contribution >= 0.6 is 0 Å². The Bertz CT molecular complexity index is 549. The molecule has 0 atom stereocenters. The molecule has 6 nitrogen and oxygen atoms in total. The van der Waals surface area contributed by atoms with Crippen molar-refractivity contribution in [2.75, 3.05) is 45.8 Å². The lowest BCUT2D eigenvalue weighted by Crippen LogP contribution is -2.38. The topological polar surface area (TPSA) is 63.7 Å². The van der Waals surface area contributed by atoms with Crippen LogP contribution in [0.1, 0.15) is 31.2 Å². The lowest BCUT2D eigenvalue weighted by Gasteiger charge is -2.37. The van der Waals surface area contributed by atoms with E-state index in [1.165, 1.54) is 0 Å². The Morgan fingerprint density at radius 2 is 2.12 bits per heavy atom. The van der Waals surface area contributed by atoms with Gasteiger partial charge in [-0.2, -0.15) is 0 Å². The van der Waals surface area contributed by atoms with Gasteiger partial charge in [0.2, 0.25) is 5.91 Å². The lowest BCUT2D eigenvalue weighted by atomic mass is 9.87. The van der Waals surface area contributed by atoms with Crippen LogP contribution in [0.4, 0.5) is 5.82 Å². The Balaban J connectivity index is 1.68. The van der Waals surface area contributed by atoms with Crippen LogP contribution in [0.3, 0.4) is 0 Å². The number of hydrogen-bond acceptors (Lipinski definition) is 5. The zero-order valence-electron chi connectivity index (χ0n) is 14.6. The maximum Gasteiger partial charge on any atom is 0.228 e. The van der Waals surface area contributed by atoms with Crippen molar-refractivity contribution in [2.45, 2.75) is 31.3 Å². The molecule has 0 spiro atoms. The first-order chi connectivity index (χ1) is 11.6. The van der Waals surface area contributed by atoms with Gasteiger partial charge in [-0.25, -0.2) is 4.98 Å². The van der Waals surface area contributed by atoms with Crippen LogP contribution in [0.5, 0.6) is 0 Å². The lowest BCUT2D eigenvalue weighted by molar-refractivity contribution is -0.118. The number of likely N-dealkylation sites (N-methyl/N-ethyl adjacent to an activating group) is 1. The molecule has 6 heteroatoms. The molecule has 1 aromatic rings. The molecule has 1 aliphatic heterocycles. The van der Waals surface area contributed by atoms with Crippen LogP contribution in [-0.2, 0) is 19.9 Å². The van der Waals surface area contributed by atoms with Gasteiger partial charge in [-0.1, -0.05) is 6.07 Å². The molecule has 132 valence electrons. The highest BCUT2D eigenvalue weighted by Gasteiger charge is 2.36. The number of amides is 1. The highest BCUT2D eigenvalue weighted by Crippen LogP contribution is 2.36. The number of carbonyl (C=O) groups is 1. The van der Waals surface area contributed by atoms with E-state index in [4.69, 9.17) is 9.47 Å². The number of nitrogens with one attached hydrogen (secondary N) is 1. The first-order valence-corrected chi connectivity index (χ1v) is 8.73. The van der Waals surface area contributed by atoms with Gasteiger partial charge < -0.3 is 19.7 Å². The Morgan fingerprint density at radius 1 is 1.38 bits per heavy atom. The van der Waals surface area contributed by atoms with Crippen LogP contribution in [-0.4, -0.2) is 56.3 Å². The molecule has 2 heterocycles. The molecule has 0 radical (unpaired) electrons. The largest absolute Gasteiger partial charge is 0.381 e. The van der Waals surface area contributed by atoms with Gasteiger partial charge in [0.05, 0.1) is 12.2 Å². The molecule has 0 unspecified atom stereocenters. The van der Waals surface area contributed by atoms with Crippen LogP contribution in [0.2, 0.25) is 0 Å². The molecule has 0 aromatic carbocycles. The van der Waals surface area contributed by atoms with Gasteiger partial charge in [-0.3, -0.25) is 4.79 Å². The number of pyridine rings is 1. The van der Waals surface area contributed by atoms with Crippen molar-refractivity contribution in [2.24, 2.45) is 5.92 Å². The molecule has 1 saturated heterocycles. The van der Waals surface area contributed by atoms with Crippen LogP contribution in [0, 0.1) is 5.92 Å². The van der Waals surface area contributed by atoms with Crippen molar-refractivity contribution in [1.29, 1.82) is 0 Å². The number of carbonyl (C=O) groups excluding carboxylic acids is 1. The van der Waals surface area contributed by atoms with Gasteiger partial charge in [-0.05, 0) is 33.0 Å². The van der Waals surface area contributed by atoms with E-state index >= 15 is 0 Å². The molecule has 3 rings (SSSR count). The van der Waals surface area contributed by atoms with Crippen LogP contribution in [0.25, 0.3) is 0 Å². The predicted molar refractivity (Wildman–Crippen MR) is 91.8 cm³/mol. The normalized spacial score (nSPS) is 20.1. The molecule has 1 amide bonds. The van der Waals surface area contributed by atoms with E-state index in [2.05, 4.69) is 15.2 Å². The van der Waals surface area contributed by atoms with E-state index in [-0.39, 0.29) is 17.4 Å². The molecular weight excluding hydrogens is 306 g/mol. The number of rotatable bonds is 7. The summed E-state index contributed by atoms with van der Waals surface area (Å²) in [6.45, 7) is 2.95. The summed E-state index contributed by atoms with van der Waals surface area (Å²) in [6.07, 6.45) is 5.48. The second-order valence-electron chi connectivity index (χ2n) is 6.95. The molecule has 2 aliphatic rings. The summed E-state index contributed by atoms with van der Waals surface area (Å²) in [6, 6.07) is 3.90. The summed E-state index contributed by atoms with van der Waals surface area (Å²) in [5, 5.41) is 2.88. The number of aromatic nitrogens is 1. The Kier molecular flexibility index (Phi) is 5.48. The second-order valence-corrected chi connectivity index (χ2v) is 6.95. The molecule has 1 N–H and O–H groups in total. The Hall–Kier alpha value is -1.50. The van der Waals surface area contributed by atoms with Crippen LogP contribution < -0.4 is 5.32 Å². The number of hydrogen-bond donors (Lipinski definition) is 1. The van der Waals surface area contributed by atoms with Gasteiger partial charge in [-0.15, -0.1) is 0 Å². The minimum Gasteiger partial charge on any atom is -0.381 e. The molecule has 1 saturated carbocycles. The smallest absolute Gasteiger partial charge is 0.228 e. The van der Waals surface area contributed by atoms with Crippen molar-refractivity contribution < 1.29 is 14.3 Å². The third kappa shape index (κ3) is 4.32. The van der Waals surface area contributed by atoms with E-state index < -0.39 is 0 Å². The summed E-state index contributed by atoms with van der Waals surface area (Å²) in [4.78, 5) is 18.4. The standard InChI is InChI=1S/C18H27N3O3/c1-21(2)9-12-24-18(7-10-23-11-8-18)15-5-6-16(19-13-15)20-17(22)14-3-4-14/h5-6,13-14H,3-4,7-12H2,1-2H3,(H,19,20,22). The maximum atomic E-state index is 11.8. The highest BCUT2D eigenvalue weighted by molar-refractivity contribution is 5.93. The Labute approximate surface area is 143 Å². The zero-order chi connectivity index (χ0) is 17.0.